The molecule has 3 heteroatoms. The van der Waals surface area contributed by atoms with Crippen LogP contribution < -0.4 is 10.6 Å². The van der Waals surface area contributed by atoms with Crippen molar-refractivity contribution >= 4 is 5.91 Å². The van der Waals surface area contributed by atoms with Crippen LogP contribution >= 0.6 is 0 Å². The molecule has 2 saturated carbocycles. The first-order valence-electron chi connectivity index (χ1n) is 10.8. The second-order valence-electron chi connectivity index (χ2n) is 8.77. The van der Waals surface area contributed by atoms with Gasteiger partial charge >= 0.3 is 0 Å². The molecule has 0 bridgehead atoms. The summed E-state index contributed by atoms with van der Waals surface area (Å²) in [5, 5.41) is 7.38. The number of hydrogen-bond acceptors (Lipinski definition) is 2. The normalized spacial score (nSPS) is 19.4. The Bertz CT molecular complexity index is 799. The van der Waals surface area contributed by atoms with E-state index in [1.165, 1.54) is 31.2 Å². The molecule has 1 amide bonds. The van der Waals surface area contributed by atoms with E-state index in [2.05, 4.69) is 34.9 Å². The van der Waals surface area contributed by atoms with Crippen LogP contribution in [0.25, 0.3) is 0 Å². The standard InChI is InChI=1S/C25H32N2O/c1-18-9-8-10-19(2)22(18)24(28)27-23(21-11-4-3-5-12-21)25(15-6-7-16-25)26-17-20-13-14-20/h3-5,8-12,20,23,26H,6-7,13-17H2,1-2H3,(H,27,28). The molecule has 2 aromatic carbocycles. The van der Waals surface area contributed by atoms with Crippen molar-refractivity contribution in [1.29, 1.82) is 0 Å². The van der Waals surface area contributed by atoms with Crippen LogP contribution in [0.5, 0.6) is 0 Å². The Morgan fingerprint density at radius 3 is 2.25 bits per heavy atom. The zero-order chi connectivity index (χ0) is 19.6. The van der Waals surface area contributed by atoms with Gasteiger partial charge in [-0.15, -0.1) is 0 Å². The Labute approximate surface area is 168 Å². The van der Waals surface area contributed by atoms with E-state index in [4.69, 9.17) is 0 Å². The zero-order valence-corrected chi connectivity index (χ0v) is 17.1. The number of benzene rings is 2. The fourth-order valence-electron chi connectivity index (χ4n) is 4.80. The SMILES string of the molecule is Cc1cccc(C)c1C(=O)NC(c1ccccc1)C1(NCC2CC2)CCCC1. The third kappa shape index (κ3) is 4.00. The Morgan fingerprint density at radius 2 is 1.64 bits per heavy atom. The van der Waals surface area contributed by atoms with Crippen LogP contribution in [-0.4, -0.2) is 18.0 Å². The minimum Gasteiger partial charge on any atom is -0.343 e. The van der Waals surface area contributed by atoms with E-state index in [1.807, 2.05) is 38.1 Å². The van der Waals surface area contributed by atoms with E-state index in [0.29, 0.717) is 0 Å². The predicted molar refractivity (Wildman–Crippen MR) is 114 cm³/mol. The second-order valence-corrected chi connectivity index (χ2v) is 8.77. The quantitative estimate of drug-likeness (QED) is 0.707. The number of carbonyl (C=O) groups excluding carboxylic acids is 1. The van der Waals surface area contributed by atoms with Gasteiger partial charge in [0.2, 0.25) is 0 Å². The van der Waals surface area contributed by atoms with Crippen molar-refractivity contribution in [2.75, 3.05) is 6.54 Å². The van der Waals surface area contributed by atoms with Gasteiger partial charge in [0.15, 0.2) is 0 Å². The molecule has 28 heavy (non-hydrogen) atoms. The maximum Gasteiger partial charge on any atom is 0.252 e. The van der Waals surface area contributed by atoms with E-state index >= 15 is 0 Å². The first-order valence-corrected chi connectivity index (χ1v) is 10.8. The average Bonchev–Trinajstić information content (AvgIpc) is 3.41. The molecule has 0 saturated heterocycles. The first kappa shape index (κ1) is 19.2. The van der Waals surface area contributed by atoms with Gasteiger partial charge in [-0.25, -0.2) is 0 Å². The highest BCUT2D eigenvalue weighted by Crippen LogP contribution is 2.41. The number of aryl methyl sites for hydroxylation is 2. The van der Waals surface area contributed by atoms with Gasteiger partial charge in [0, 0.05) is 11.1 Å². The summed E-state index contributed by atoms with van der Waals surface area (Å²) in [6, 6.07) is 16.6. The smallest absolute Gasteiger partial charge is 0.252 e. The molecule has 1 unspecified atom stereocenters. The topological polar surface area (TPSA) is 41.1 Å². The van der Waals surface area contributed by atoms with Gasteiger partial charge in [0.05, 0.1) is 6.04 Å². The molecule has 1 atom stereocenters. The fourth-order valence-corrected chi connectivity index (χ4v) is 4.80. The Hall–Kier alpha value is -2.13. The third-order valence-electron chi connectivity index (χ3n) is 6.60. The van der Waals surface area contributed by atoms with Crippen LogP contribution in [0.1, 0.15) is 71.6 Å². The van der Waals surface area contributed by atoms with E-state index in [0.717, 1.165) is 42.0 Å². The van der Waals surface area contributed by atoms with Crippen molar-refractivity contribution in [2.45, 2.75) is 64.0 Å². The van der Waals surface area contributed by atoms with Gasteiger partial charge in [-0.05, 0) is 68.7 Å². The summed E-state index contributed by atoms with van der Waals surface area (Å²) < 4.78 is 0. The Kier molecular flexibility index (Phi) is 5.54. The van der Waals surface area contributed by atoms with Crippen molar-refractivity contribution < 1.29 is 4.79 Å². The molecular formula is C25H32N2O. The number of nitrogens with one attached hydrogen (secondary N) is 2. The zero-order valence-electron chi connectivity index (χ0n) is 17.1. The number of carbonyl (C=O) groups is 1. The third-order valence-corrected chi connectivity index (χ3v) is 6.60. The number of rotatable bonds is 7. The summed E-state index contributed by atoms with van der Waals surface area (Å²) in [5.41, 5.74) is 4.05. The van der Waals surface area contributed by atoms with Crippen LogP contribution in [0, 0.1) is 19.8 Å². The summed E-state index contributed by atoms with van der Waals surface area (Å²) in [5.74, 6) is 0.868. The van der Waals surface area contributed by atoms with Gasteiger partial charge < -0.3 is 10.6 Å². The van der Waals surface area contributed by atoms with E-state index < -0.39 is 0 Å². The molecule has 3 nitrogen and oxygen atoms in total. The number of amides is 1. The molecule has 0 heterocycles. The maximum atomic E-state index is 13.4. The van der Waals surface area contributed by atoms with E-state index in [9.17, 15) is 4.79 Å². The number of hydrogen-bond donors (Lipinski definition) is 2. The molecule has 2 N–H and O–H groups in total. The second kappa shape index (κ2) is 8.08. The van der Waals surface area contributed by atoms with Crippen LogP contribution in [0.15, 0.2) is 48.5 Å². The van der Waals surface area contributed by atoms with Gasteiger partial charge in [-0.1, -0.05) is 61.4 Å². The van der Waals surface area contributed by atoms with Gasteiger partial charge in [0.1, 0.15) is 0 Å². The van der Waals surface area contributed by atoms with E-state index in [1.54, 1.807) is 0 Å². The van der Waals surface area contributed by atoms with Crippen molar-refractivity contribution in [1.82, 2.24) is 10.6 Å². The molecule has 0 aromatic heterocycles. The minimum atomic E-state index is -0.0454. The lowest BCUT2D eigenvalue weighted by molar-refractivity contribution is 0.0898. The summed E-state index contributed by atoms with van der Waals surface area (Å²) >= 11 is 0. The highest BCUT2D eigenvalue weighted by molar-refractivity contribution is 5.97. The van der Waals surface area contributed by atoms with Gasteiger partial charge in [-0.3, -0.25) is 4.79 Å². The summed E-state index contributed by atoms with van der Waals surface area (Å²) in [7, 11) is 0. The fraction of sp³-hybridized carbons (Fsp3) is 0.480. The van der Waals surface area contributed by atoms with Crippen molar-refractivity contribution in [2.24, 2.45) is 5.92 Å². The Balaban J connectivity index is 1.66. The highest BCUT2D eigenvalue weighted by Gasteiger charge is 2.43. The highest BCUT2D eigenvalue weighted by atomic mass is 16.1. The molecule has 4 rings (SSSR count). The lowest BCUT2D eigenvalue weighted by Gasteiger charge is -2.40. The molecule has 0 radical (unpaired) electrons. The summed E-state index contributed by atoms with van der Waals surface area (Å²) in [4.78, 5) is 13.4. The maximum absolute atomic E-state index is 13.4. The molecule has 148 valence electrons. The van der Waals surface area contributed by atoms with Crippen molar-refractivity contribution in [3.05, 3.63) is 70.8 Å². The predicted octanol–water partition coefficient (Wildman–Crippen LogP) is 5.09. The lowest BCUT2D eigenvalue weighted by Crippen LogP contribution is -2.54. The molecule has 2 aromatic rings. The monoisotopic (exact) mass is 376 g/mol. The summed E-state index contributed by atoms with van der Waals surface area (Å²) in [6.45, 7) is 5.12. The molecule has 2 fully saturated rings. The molecule has 0 aliphatic heterocycles. The van der Waals surface area contributed by atoms with Gasteiger partial charge in [0.25, 0.3) is 5.91 Å². The average molecular weight is 377 g/mol. The van der Waals surface area contributed by atoms with E-state index in [-0.39, 0.29) is 17.5 Å². The van der Waals surface area contributed by atoms with Crippen LogP contribution in [0.3, 0.4) is 0 Å². The molecular weight excluding hydrogens is 344 g/mol. The molecule has 2 aliphatic carbocycles. The Morgan fingerprint density at radius 1 is 1.00 bits per heavy atom. The molecule has 0 spiro atoms. The molecule has 2 aliphatic rings. The van der Waals surface area contributed by atoms with Crippen molar-refractivity contribution in [3.63, 3.8) is 0 Å². The van der Waals surface area contributed by atoms with Crippen molar-refractivity contribution in [3.8, 4) is 0 Å². The first-order chi connectivity index (χ1) is 13.6. The largest absolute Gasteiger partial charge is 0.343 e. The van der Waals surface area contributed by atoms with Gasteiger partial charge in [-0.2, -0.15) is 0 Å². The van der Waals surface area contributed by atoms with Crippen LogP contribution in [-0.2, 0) is 0 Å². The van der Waals surface area contributed by atoms with Crippen LogP contribution in [0.2, 0.25) is 0 Å². The summed E-state index contributed by atoms with van der Waals surface area (Å²) in [6.07, 6.45) is 7.36. The lowest BCUT2D eigenvalue weighted by atomic mass is 9.82. The van der Waals surface area contributed by atoms with Crippen LogP contribution in [0.4, 0.5) is 0 Å². The minimum absolute atomic E-state index is 0.0125.